The number of piperidine rings is 1. The molecule has 0 unspecified atom stereocenters. The van der Waals surface area contributed by atoms with E-state index >= 15 is 0 Å². The zero-order valence-corrected chi connectivity index (χ0v) is 78.6. The highest BCUT2D eigenvalue weighted by molar-refractivity contribution is 8.06. The Hall–Kier alpha value is 2.43. The van der Waals surface area contributed by atoms with Crippen molar-refractivity contribution in [3.63, 3.8) is 0 Å². The van der Waals surface area contributed by atoms with Crippen LogP contribution in [0, 0.1) is 0 Å². The molecule has 0 aromatic heterocycles. The number of nitrogens with one attached hydrogen (secondary N) is 9. The van der Waals surface area contributed by atoms with Gasteiger partial charge in [-0.05, 0) is 240 Å². The Morgan fingerprint density at radius 3 is 0.468 bits per heavy atom. The quantitative estimate of drug-likeness (QED) is 0.103. The van der Waals surface area contributed by atoms with E-state index in [0.29, 0.717) is 0 Å². The molecule has 21 heterocycles. The van der Waals surface area contributed by atoms with Crippen LogP contribution in [-0.4, -0.2) is 340 Å². The average molecular weight is 1750 g/mol. The molecule has 21 aliphatic heterocycles. The fraction of sp³-hybridized carbons (Fsp3) is 1.00. The third kappa shape index (κ3) is 119. The molecule has 18 nitrogen and oxygen atoms in total. The number of morpholine rings is 1. The molecule has 0 radical (unpaired) electrons. The zero-order valence-electron chi connectivity index (χ0n) is 71.2. The molecule has 0 amide bonds. The SMILES string of the molecule is C1CCCNCC1.C1CCCOCC1.C1CCCSCC1.C1CCNC1.C1CCNCC1.C1CCOC1.C1CCOCC1.C1CCSC1.C1CCSCC1.C1CN1.C1CNC1.C1CNCCN1.C1CO1.C1COC1.C1COCCN1.C1COCCO1.C1CS1.C1CSC1.C1CSCCN1.C1CSCCO1.C1CSCCS1. The summed E-state index contributed by atoms with van der Waals surface area (Å²) >= 11 is 18.5. The third-order valence-corrected chi connectivity index (χ3v) is 26.9. The minimum Gasteiger partial charge on any atom is -0.381 e. The van der Waals surface area contributed by atoms with Crippen LogP contribution in [0.2, 0.25) is 0 Å². The number of epoxide rings is 1. The summed E-state index contributed by atoms with van der Waals surface area (Å²) in [5, 5.41) is 28.8. The lowest BCUT2D eigenvalue weighted by Gasteiger charge is -2.11. The molecule has 21 fully saturated rings. The molecule has 21 saturated heterocycles. The van der Waals surface area contributed by atoms with Crippen molar-refractivity contribution >= 4 is 106 Å². The maximum Gasteiger partial charge on any atom is 0.0701 e. The van der Waals surface area contributed by atoms with Gasteiger partial charge in [-0.1, -0.05) is 51.4 Å². The Morgan fingerprint density at radius 2 is 0.279 bits per heavy atom. The van der Waals surface area contributed by atoms with Crippen molar-refractivity contribution in [1.82, 2.24) is 47.9 Å². The minimum absolute atomic E-state index is 0.778. The Kier molecular flexibility index (Phi) is 109. The van der Waals surface area contributed by atoms with Crippen molar-refractivity contribution in [2.24, 2.45) is 0 Å². The monoisotopic (exact) mass is 1740 g/mol. The highest BCUT2D eigenvalue weighted by atomic mass is 32.2. The van der Waals surface area contributed by atoms with Crippen molar-refractivity contribution < 1.29 is 42.6 Å². The smallest absolute Gasteiger partial charge is 0.0701 e. The largest absolute Gasteiger partial charge is 0.381 e. The van der Waals surface area contributed by atoms with Gasteiger partial charge in [-0.3, -0.25) is 0 Å². The van der Waals surface area contributed by atoms with Crippen molar-refractivity contribution in [2.75, 3.05) is 340 Å². The molecule has 0 saturated carbocycles. The first-order valence-electron chi connectivity index (χ1n) is 45.3. The zero-order chi connectivity index (χ0) is 78.5. The van der Waals surface area contributed by atoms with Gasteiger partial charge in [0.05, 0.1) is 66.1 Å². The molecule has 0 aromatic rings. The average Bonchev–Trinajstić information content (AvgIpc) is 4.79. The highest BCUT2D eigenvalue weighted by Crippen LogP contribution is 2.18. The van der Waals surface area contributed by atoms with Crippen LogP contribution >= 0.6 is 106 Å². The topological polar surface area (TPSA) is 205 Å². The van der Waals surface area contributed by atoms with Crippen LogP contribution in [-0.2, 0) is 42.6 Å². The van der Waals surface area contributed by atoms with Crippen LogP contribution in [0.3, 0.4) is 0 Å². The maximum absolute atomic E-state index is 5.19. The van der Waals surface area contributed by atoms with E-state index in [9.17, 15) is 0 Å². The third-order valence-electron chi connectivity index (χ3n) is 17.5. The van der Waals surface area contributed by atoms with Gasteiger partial charge in [-0.25, -0.2) is 0 Å². The fourth-order valence-corrected chi connectivity index (χ4v) is 17.0. The molecule has 0 bridgehead atoms. The standard InChI is InChI=1S/C6H13N.C6H12O.C6H12S.C5H11N.C5H10O.C5H10S.C4H10N2.C4H9NO.C4H9NS.C4H9N.C4H8O2.C4H8OS.C4H8O.C4H8S2.C4H8S.C3H7N.C3H6O.C3H6S.C2H5N.C2H4O.C2H4S/c3*1-2-4-6-7-5-3-1;3*1-2-4-6-5-3-1;1-2-6-4-3-5-1;2*1-3-6-4-2-5-1;1-2-4-5-3-1;1-2-6-4-3-5-1;1-3-6-4-2-5-1;1-2-4-5-3-1;1-2-6-4-3-5-1;1-2-4-5-3-1;3*1-2-4-3-1;3*1-2-3-1/h7H,1-6H2;2*1-6H2;6H,1-5H2;2*1-5H2;5-6H,1-4H2;2*5H,1-4H2;5H,1-4H2;2*1-4H2;1-4H2;1-4H2;1-4H2;4H,1-3H2;2*1-3H2;3H,1-2H2;2*1-2H2. The molecule has 27 heteroatoms. The Morgan fingerprint density at radius 1 is 0.0991 bits per heavy atom. The normalized spacial score (nSPS) is 24.0. The summed E-state index contributed by atoms with van der Waals surface area (Å²) in [6.07, 6.45) is 41.8. The van der Waals surface area contributed by atoms with Gasteiger partial charge in [0.15, 0.2) is 0 Å². The van der Waals surface area contributed by atoms with E-state index in [1.54, 1.807) is 0 Å². The number of thioether (sulfide) groups is 9. The van der Waals surface area contributed by atoms with Crippen LogP contribution in [0.15, 0.2) is 0 Å². The first kappa shape index (κ1) is 111. The van der Waals surface area contributed by atoms with E-state index in [-0.39, 0.29) is 0 Å². The van der Waals surface area contributed by atoms with Gasteiger partial charge >= 0.3 is 0 Å². The summed E-state index contributed by atoms with van der Waals surface area (Å²) in [5.74, 6) is 24.7. The van der Waals surface area contributed by atoms with Crippen LogP contribution in [0.4, 0.5) is 0 Å². The molecule has 0 atom stereocenters. The van der Waals surface area contributed by atoms with Gasteiger partial charge < -0.3 is 90.5 Å². The van der Waals surface area contributed by atoms with Gasteiger partial charge in [0.1, 0.15) is 0 Å². The lowest BCUT2D eigenvalue weighted by atomic mass is 10.2. The molecule has 0 spiro atoms. The van der Waals surface area contributed by atoms with Crippen LogP contribution < -0.4 is 47.9 Å². The van der Waals surface area contributed by atoms with E-state index in [2.05, 4.69) is 111 Å². The molecular formula is C84H177N9O9S9. The Bertz CT molecular complexity index is 1110. The first-order chi connectivity index (χ1) is 55.5. The second-order valence-corrected chi connectivity index (χ2v) is 39.4. The first-order valence-corrected chi connectivity index (χ1v) is 55.6. The van der Waals surface area contributed by atoms with Gasteiger partial charge in [0.2, 0.25) is 0 Å². The lowest BCUT2D eigenvalue weighted by molar-refractivity contribution is -0.0334. The van der Waals surface area contributed by atoms with Crippen LogP contribution in [0.25, 0.3) is 0 Å². The van der Waals surface area contributed by atoms with Crippen molar-refractivity contribution in [3.8, 4) is 0 Å². The highest BCUT2D eigenvalue weighted by Gasteiger charge is 2.04. The number of hydrogen-bond acceptors (Lipinski definition) is 27. The summed E-state index contributed by atoms with van der Waals surface area (Å²) < 4.78 is 44.4. The van der Waals surface area contributed by atoms with Gasteiger partial charge in [0.25, 0.3) is 0 Å². The Balaban J connectivity index is 0.000000585. The van der Waals surface area contributed by atoms with E-state index in [0.717, 1.165) is 158 Å². The molecular weight excluding hydrogens is 1570 g/mol. The van der Waals surface area contributed by atoms with Crippen LogP contribution in [0.5, 0.6) is 0 Å². The van der Waals surface area contributed by atoms with Crippen LogP contribution in [0.1, 0.15) is 193 Å². The predicted octanol–water partition coefficient (Wildman–Crippen LogP) is 14.8. The molecule has 9 N–H and O–H groups in total. The van der Waals surface area contributed by atoms with E-state index < -0.39 is 0 Å². The van der Waals surface area contributed by atoms with Crippen molar-refractivity contribution in [1.29, 1.82) is 0 Å². The second kappa shape index (κ2) is 109. The Labute approximate surface area is 723 Å². The van der Waals surface area contributed by atoms with E-state index in [1.165, 1.54) is 375 Å². The number of hydrogen-bond donors (Lipinski definition) is 9. The summed E-state index contributed by atoms with van der Waals surface area (Å²) in [5.41, 5.74) is 0. The lowest BCUT2D eigenvalue weighted by Crippen LogP contribution is -2.39. The number of rotatable bonds is 0. The molecule has 0 aromatic carbocycles. The van der Waals surface area contributed by atoms with Crippen molar-refractivity contribution in [3.05, 3.63) is 0 Å². The van der Waals surface area contributed by atoms with E-state index in [4.69, 9.17) is 37.9 Å². The second-order valence-electron chi connectivity index (χ2n) is 28.4. The maximum atomic E-state index is 5.19. The fourth-order valence-electron chi connectivity index (χ4n) is 9.95. The molecule has 111 heavy (non-hydrogen) atoms. The number of piperazine rings is 1. The molecule has 0 aliphatic carbocycles. The summed E-state index contributed by atoms with van der Waals surface area (Å²) in [6.45, 7) is 38.4. The van der Waals surface area contributed by atoms with Gasteiger partial charge in [-0.15, -0.1) is 0 Å². The predicted molar refractivity (Wildman–Crippen MR) is 508 cm³/mol. The summed E-state index contributed by atoms with van der Waals surface area (Å²) in [7, 11) is 0. The molecule has 21 aliphatic rings. The molecule has 666 valence electrons. The van der Waals surface area contributed by atoms with E-state index in [1.807, 2.05) is 47.0 Å². The summed E-state index contributed by atoms with van der Waals surface area (Å²) in [4.78, 5) is 0. The van der Waals surface area contributed by atoms with Gasteiger partial charge in [-0.2, -0.15) is 106 Å². The molecule has 21 rings (SSSR count). The summed E-state index contributed by atoms with van der Waals surface area (Å²) in [6, 6.07) is 0. The number of ether oxygens (including phenoxy) is 9. The minimum atomic E-state index is 0.778. The van der Waals surface area contributed by atoms with Gasteiger partial charge in [0, 0.05) is 176 Å². The van der Waals surface area contributed by atoms with Crippen molar-refractivity contribution in [2.45, 2.75) is 193 Å².